The predicted molar refractivity (Wildman–Crippen MR) is 509 cm³/mol. The molecule has 13 rings (SSSR count). The highest BCUT2D eigenvalue weighted by atomic mass is 35.5. The van der Waals surface area contributed by atoms with Gasteiger partial charge in [0.15, 0.2) is 0 Å². The smallest absolute Gasteiger partial charge is 0.270 e. The van der Waals surface area contributed by atoms with Crippen molar-refractivity contribution in [2.24, 2.45) is 5.92 Å². The number of carbonyl (C=O) groups is 4. The number of aryl methyl sites for hydroxylation is 9. The molecular formula is C91H105ClN12O20S8. The number of amides is 4. The molecule has 0 N–H and O–H groups in total. The molecule has 0 spiro atoms. The van der Waals surface area contributed by atoms with Crippen LogP contribution in [0.2, 0.25) is 0 Å². The van der Waals surface area contributed by atoms with Crippen molar-refractivity contribution in [3.05, 3.63) is 266 Å². The lowest BCUT2D eigenvalue weighted by atomic mass is 10.1. The largest absolute Gasteiger partial charge is 0.340 e. The number of nitrogens with zero attached hydrogens (tertiary/aromatic N) is 12. The Kier molecular flexibility index (Phi) is 35.9. The second-order valence-corrected chi connectivity index (χ2v) is 44.8. The first-order valence-electron chi connectivity index (χ1n) is 42.2. The summed E-state index contributed by atoms with van der Waals surface area (Å²) in [5.74, 6) is 0.349. The van der Waals surface area contributed by atoms with Gasteiger partial charge < -0.3 is 19.6 Å². The van der Waals surface area contributed by atoms with E-state index in [1.165, 1.54) is 120 Å². The van der Waals surface area contributed by atoms with E-state index in [0.717, 1.165) is 93.9 Å². The van der Waals surface area contributed by atoms with Crippen LogP contribution in [0.3, 0.4) is 0 Å². The van der Waals surface area contributed by atoms with Crippen LogP contribution in [0.15, 0.2) is 229 Å². The summed E-state index contributed by atoms with van der Waals surface area (Å²) in [5.41, 5.74) is 8.57. The number of nitro groups is 4. The van der Waals surface area contributed by atoms with Gasteiger partial charge in [-0.1, -0.05) is 127 Å². The van der Waals surface area contributed by atoms with E-state index in [4.69, 9.17) is 11.6 Å². The monoisotopic (exact) mass is 1980 g/mol. The summed E-state index contributed by atoms with van der Waals surface area (Å²) in [6.07, 6.45) is 1.33. The van der Waals surface area contributed by atoms with Gasteiger partial charge in [0.2, 0.25) is 57.8 Å². The molecule has 0 bridgehead atoms. The fourth-order valence-corrected chi connectivity index (χ4v) is 26.3. The summed E-state index contributed by atoms with van der Waals surface area (Å²) in [4.78, 5) is 104. The number of benzene rings is 9. The van der Waals surface area contributed by atoms with Gasteiger partial charge in [-0.3, -0.25) is 59.6 Å². The number of halogens is 1. The molecule has 41 heteroatoms. The van der Waals surface area contributed by atoms with Crippen molar-refractivity contribution >= 4 is 145 Å². The van der Waals surface area contributed by atoms with E-state index in [9.17, 15) is 93.3 Å². The van der Waals surface area contributed by atoms with Gasteiger partial charge in [-0.15, -0.1) is 11.6 Å². The van der Waals surface area contributed by atoms with Crippen LogP contribution in [0.4, 0.5) is 22.7 Å². The molecule has 4 heterocycles. The van der Waals surface area contributed by atoms with Crippen molar-refractivity contribution < 1.29 is 72.5 Å². The van der Waals surface area contributed by atoms with Crippen molar-refractivity contribution in [2.45, 2.75) is 161 Å². The maximum absolute atomic E-state index is 13.7. The average Bonchev–Trinajstić information content (AvgIpc) is 0.784. The fraction of sp³-hybridized carbons (Fsp3) is 0.363. The number of hydrogen-bond donors (Lipinski definition) is 0. The van der Waals surface area contributed by atoms with Crippen LogP contribution in [0.25, 0.3) is 0 Å². The highest BCUT2D eigenvalue weighted by Crippen LogP contribution is 2.44. The summed E-state index contributed by atoms with van der Waals surface area (Å²) in [6.45, 7) is 26.2. The van der Waals surface area contributed by atoms with Crippen LogP contribution in [0, 0.1) is 109 Å². The zero-order valence-electron chi connectivity index (χ0n) is 75.1. The Bertz CT molecular complexity index is 6330. The van der Waals surface area contributed by atoms with Gasteiger partial charge in [-0.25, -0.2) is 33.7 Å². The second-order valence-electron chi connectivity index (χ2n) is 32.5. The number of nitro benzene ring substituents is 4. The first-order chi connectivity index (χ1) is 62.3. The molecule has 9 aromatic carbocycles. The minimum atomic E-state index is -4.04. The maximum Gasteiger partial charge on any atom is 0.270 e. The number of non-ortho nitro benzene ring substituents is 4. The van der Waals surface area contributed by atoms with Crippen LogP contribution in [-0.4, -0.2) is 224 Å². The average molecular weight is 1980 g/mol. The van der Waals surface area contributed by atoms with Gasteiger partial charge >= 0.3 is 0 Å². The predicted octanol–water partition coefficient (Wildman–Crippen LogP) is 16.5. The van der Waals surface area contributed by atoms with Crippen molar-refractivity contribution in [2.75, 3.05) is 111 Å². The van der Waals surface area contributed by atoms with E-state index < -0.39 is 59.8 Å². The van der Waals surface area contributed by atoms with Crippen LogP contribution in [0.5, 0.6) is 0 Å². The zero-order chi connectivity index (χ0) is 96.6. The third kappa shape index (κ3) is 26.7. The Morgan fingerprint density at radius 3 is 0.833 bits per heavy atom. The number of sulfonamides is 4. The first kappa shape index (κ1) is 104. The van der Waals surface area contributed by atoms with Crippen molar-refractivity contribution in [3.63, 3.8) is 0 Å². The van der Waals surface area contributed by atoms with E-state index in [1.54, 1.807) is 31.7 Å². The molecule has 0 radical (unpaired) electrons. The molecule has 0 aromatic heterocycles. The molecule has 0 saturated carbocycles. The Morgan fingerprint density at radius 1 is 0.333 bits per heavy atom. The summed E-state index contributed by atoms with van der Waals surface area (Å²) >= 11 is 10.8. The summed E-state index contributed by atoms with van der Waals surface area (Å²) < 4.78 is 114. The molecule has 4 saturated heterocycles. The van der Waals surface area contributed by atoms with Crippen LogP contribution >= 0.6 is 58.6 Å². The summed E-state index contributed by atoms with van der Waals surface area (Å²) in [7, 11) is -16.0. The van der Waals surface area contributed by atoms with E-state index in [2.05, 4.69) is 0 Å². The molecule has 0 atom stereocenters. The lowest BCUT2D eigenvalue weighted by Crippen LogP contribution is -2.50. The van der Waals surface area contributed by atoms with Crippen LogP contribution < -0.4 is 0 Å². The summed E-state index contributed by atoms with van der Waals surface area (Å²) in [6, 6.07) is 46.6. The lowest BCUT2D eigenvalue weighted by molar-refractivity contribution is -0.385. The Morgan fingerprint density at radius 2 is 0.583 bits per heavy atom. The molecule has 704 valence electrons. The van der Waals surface area contributed by atoms with Crippen molar-refractivity contribution in [1.82, 2.24) is 36.8 Å². The first-order valence-corrected chi connectivity index (χ1v) is 51.7. The highest BCUT2D eigenvalue weighted by molar-refractivity contribution is 8.01. The normalized spacial score (nSPS) is 15.0. The molecule has 0 unspecified atom stereocenters. The lowest BCUT2D eigenvalue weighted by Gasteiger charge is -2.34. The van der Waals surface area contributed by atoms with Crippen molar-refractivity contribution in [1.29, 1.82) is 0 Å². The third-order valence-electron chi connectivity index (χ3n) is 22.1. The van der Waals surface area contributed by atoms with Gasteiger partial charge in [0.25, 0.3) is 28.7 Å². The third-order valence-corrected chi connectivity index (χ3v) is 35.6. The number of hydrogen-bond acceptors (Lipinski definition) is 24. The van der Waals surface area contributed by atoms with Gasteiger partial charge in [0.1, 0.15) is 19.6 Å². The number of alkyl halides is 1. The van der Waals surface area contributed by atoms with E-state index in [-0.39, 0.29) is 150 Å². The van der Waals surface area contributed by atoms with Crippen molar-refractivity contribution in [3.8, 4) is 0 Å². The topological polar surface area (TPSA) is 403 Å². The highest BCUT2D eigenvalue weighted by Gasteiger charge is 2.39. The molecule has 4 aliphatic rings. The zero-order valence-corrected chi connectivity index (χ0v) is 82.3. The summed E-state index contributed by atoms with van der Waals surface area (Å²) in [5, 5.41) is 45.5. The molecule has 4 fully saturated rings. The molecule has 4 aliphatic heterocycles. The Balaban J connectivity index is 0.000000183. The fourth-order valence-electron chi connectivity index (χ4n) is 14.3. The molecule has 0 aliphatic carbocycles. The van der Waals surface area contributed by atoms with Crippen LogP contribution in [0.1, 0.15) is 100 Å². The SMILES string of the molecule is CC(=O)N1CCN(S(=O)(=O)c2cc([N+](=O)[O-])ccc2Sc2cc(C)ccc2C)CC1.Cc1ccc(C(=O)N2CCN(S(=O)(=O)c3cc([N+](=O)[O-])ccc3Sc3cc(C)ccc3C)CC2)cc1.Cc1ccc(C)c(Sc2ccc([N+](=O)[O-])cc2S(=O)(=O)N2CCN(C(=O)CC(C)C)CC2)c1.Cc1ccc(C)c(Sc2ccc([N+](=O)[O-])cc2S(=O)(=O)N2CCN(C(=O)CCCCl)CC2)c1. The van der Waals surface area contributed by atoms with Crippen LogP contribution in [-0.2, 0) is 54.5 Å². The quantitative estimate of drug-likeness (QED) is 0.0276. The van der Waals surface area contributed by atoms with Gasteiger partial charge in [0.05, 0.1) is 19.7 Å². The van der Waals surface area contributed by atoms with Gasteiger partial charge in [-0.2, -0.15) is 17.2 Å². The molecular weight excluding hydrogens is 1870 g/mol. The van der Waals surface area contributed by atoms with E-state index in [0.29, 0.717) is 76.5 Å². The minimum Gasteiger partial charge on any atom is -0.340 e. The molecule has 4 amide bonds. The standard InChI is InChI=1S/C26H27N3O5S2.C23H29N3O5S2.C22H26ClN3O5S2.C20H23N3O5S2/c1-18-5-8-21(9-6-18)26(30)27-12-14-28(15-13-27)36(33,34)25-17-22(29(31)32)10-11-23(25)35-24-16-19(2)4-7-20(24)3;1-16(2)13-23(27)24-9-11-25(12-10-24)33(30,31)22-15-19(26(28)29)7-8-20(22)32-21-14-17(3)5-6-18(21)4;1-16-5-6-17(2)20(14-16)32-19-8-7-18(26(28)29)15-21(19)33(30,31)25-12-10-24(11-13-25)22(27)4-3-9-23;1-14-4-5-15(2)19(12-14)29-18-7-6-17(23(25)26)13-20(18)30(27,28)22-10-8-21(9-11-22)16(3)24/h4-11,16-17H,12-15H2,1-3H3;5-8,14-16H,9-13H2,1-4H3;5-8,14-15H,3-4,9-13H2,1-2H3;4-7,12-13H,8-11H2,1-3H3. The Hall–Kier alpha value is -10.2. The molecule has 132 heavy (non-hydrogen) atoms. The minimum absolute atomic E-state index is 0.0172. The Labute approximate surface area is 792 Å². The number of piperazine rings is 4. The molecule has 32 nitrogen and oxygen atoms in total. The molecule has 9 aromatic rings. The van der Waals surface area contributed by atoms with Gasteiger partial charge in [0, 0.05) is 224 Å². The second kappa shape index (κ2) is 45.7. The number of rotatable bonds is 26. The number of carbonyl (C=O) groups excluding carboxylic acids is 4. The van der Waals surface area contributed by atoms with E-state index >= 15 is 0 Å². The maximum atomic E-state index is 13.7. The van der Waals surface area contributed by atoms with Gasteiger partial charge in [-0.05, 0) is 180 Å². The van der Waals surface area contributed by atoms with E-state index in [1.807, 2.05) is 161 Å².